The van der Waals surface area contributed by atoms with Gasteiger partial charge in [-0.25, -0.2) is 0 Å². The zero-order valence-electron chi connectivity index (χ0n) is 14.0. The average molecular weight is 367 g/mol. The summed E-state index contributed by atoms with van der Waals surface area (Å²) in [4.78, 5) is 11.1. The van der Waals surface area contributed by atoms with E-state index < -0.39 is 0 Å². The van der Waals surface area contributed by atoms with Gasteiger partial charge in [-0.15, -0.1) is 10.2 Å². The van der Waals surface area contributed by atoms with E-state index in [1.165, 1.54) is 24.6 Å². The van der Waals surface area contributed by atoms with Gasteiger partial charge in [0.2, 0.25) is 5.91 Å². The number of halogens is 1. The fourth-order valence-corrected chi connectivity index (χ4v) is 3.28. The number of hydrogen-bond donors (Lipinski definition) is 1. The lowest BCUT2D eigenvalue weighted by molar-refractivity contribution is -0.115. The molecule has 1 atom stereocenters. The van der Waals surface area contributed by atoms with Crippen molar-refractivity contribution in [1.29, 1.82) is 0 Å². The molecule has 0 radical (unpaired) electrons. The largest absolute Gasteiger partial charge is 0.369 e. The van der Waals surface area contributed by atoms with E-state index in [1.54, 1.807) is 0 Å². The van der Waals surface area contributed by atoms with Crippen LogP contribution in [0.5, 0.6) is 0 Å². The molecule has 0 aliphatic heterocycles. The minimum Gasteiger partial charge on any atom is -0.369 e. The second-order valence-corrected chi connectivity index (χ2v) is 7.31. The Kier molecular flexibility index (Phi) is 7.12. The van der Waals surface area contributed by atoms with Gasteiger partial charge in [0.25, 0.3) is 0 Å². The minimum atomic E-state index is -0.360. The predicted molar refractivity (Wildman–Crippen MR) is 99.1 cm³/mol. The number of thioether (sulfide) groups is 1. The first-order chi connectivity index (χ1) is 11.5. The zero-order valence-corrected chi connectivity index (χ0v) is 15.6. The standard InChI is InChI=1S/C17H23ClN4OS/c1-3-4-5-12(2)10-22-16(13-6-8-14(18)9-7-13)20-21-17(22)24-11-15(19)23/h6-9,12H,3-5,10-11H2,1-2H3,(H2,19,23)/t12-/m0/s1. The van der Waals surface area contributed by atoms with Crippen LogP contribution in [0.2, 0.25) is 5.02 Å². The van der Waals surface area contributed by atoms with Crippen molar-refractivity contribution in [1.82, 2.24) is 14.8 Å². The van der Waals surface area contributed by atoms with Crippen LogP contribution in [0.4, 0.5) is 0 Å². The topological polar surface area (TPSA) is 73.8 Å². The van der Waals surface area contributed by atoms with Crippen LogP contribution in [0.25, 0.3) is 11.4 Å². The van der Waals surface area contributed by atoms with Crippen LogP contribution >= 0.6 is 23.4 Å². The van der Waals surface area contributed by atoms with Gasteiger partial charge in [0.1, 0.15) is 0 Å². The molecular formula is C17H23ClN4OS. The molecule has 0 aliphatic carbocycles. The number of nitrogens with two attached hydrogens (primary N) is 1. The molecule has 7 heteroatoms. The molecule has 0 fully saturated rings. The first-order valence-electron chi connectivity index (χ1n) is 8.11. The molecule has 2 aromatic rings. The second-order valence-electron chi connectivity index (χ2n) is 5.93. The Hall–Kier alpha value is -1.53. The molecule has 24 heavy (non-hydrogen) atoms. The summed E-state index contributed by atoms with van der Waals surface area (Å²) in [6.07, 6.45) is 3.53. The molecule has 1 amide bonds. The number of hydrogen-bond acceptors (Lipinski definition) is 4. The van der Waals surface area contributed by atoms with Gasteiger partial charge in [0.15, 0.2) is 11.0 Å². The smallest absolute Gasteiger partial charge is 0.227 e. The van der Waals surface area contributed by atoms with Crippen LogP contribution in [-0.2, 0) is 11.3 Å². The monoisotopic (exact) mass is 366 g/mol. The number of benzene rings is 1. The van der Waals surface area contributed by atoms with Gasteiger partial charge in [-0.05, 0) is 36.6 Å². The van der Waals surface area contributed by atoms with Gasteiger partial charge >= 0.3 is 0 Å². The van der Waals surface area contributed by atoms with E-state index >= 15 is 0 Å². The van der Waals surface area contributed by atoms with E-state index in [0.29, 0.717) is 10.9 Å². The van der Waals surface area contributed by atoms with Crippen molar-refractivity contribution < 1.29 is 4.79 Å². The molecule has 2 N–H and O–H groups in total. The first kappa shape index (κ1) is 18.8. The third kappa shape index (κ3) is 5.24. The Labute approximate surface area is 152 Å². The van der Waals surface area contributed by atoms with Crippen LogP contribution in [0.1, 0.15) is 33.1 Å². The molecule has 1 heterocycles. The van der Waals surface area contributed by atoms with Gasteiger partial charge in [0, 0.05) is 17.1 Å². The summed E-state index contributed by atoms with van der Waals surface area (Å²) in [6.45, 7) is 5.23. The quantitative estimate of drug-likeness (QED) is 0.680. The van der Waals surface area contributed by atoms with Crippen LogP contribution < -0.4 is 5.73 Å². The first-order valence-corrected chi connectivity index (χ1v) is 9.47. The maximum Gasteiger partial charge on any atom is 0.227 e. The number of carbonyl (C=O) groups is 1. The van der Waals surface area contributed by atoms with Crippen molar-refractivity contribution in [2.24, 2.45) is 11.7 Å². The molecular weight excluding hydrogens is 344 g/mol. The molecule has 0 bridgehead atoms. The zero-order chi connectivity index (χ0) is 17.5. The third-order valence-electron chi connectivity index (χ3n) is 3.71. The van der Waals surface area contributed by atoms with Crippen molar-refractivity contribution in [2.45, 2.75) is 44.8 Å². The SMILES string of the molecule is CCCC[C@H](C)Cn1c(SCC(N)=O)nnc1-c1ccc(Cl)cc1. The number of carbonyl (C=O) groups excluding carboxylic acids is 1. The number of amides is 1. The van der Waals surface area contributed by atoms with E-state index in [2.05, 4.69) is 28.6 Å². The molecule has 0 unspecified atom stereocenters. The van der Waals surface area contributed by atoms with Crippen LogP contribution in [-0.4, -0.2) is 26.4 Å². The molecule has 130 valence electrons. The molecule has 0 spiro atoms. The summed E-state index contributed by atoms with van der Waals surface area (Å²) in [7, 11) is 0. The molecule has 1 aromatic heterocycles. The van der Waals surface area contributed by atoms with Crippen LogP contribution in [0.15, 0.2) is 29.4 Å². The van der Waals surface area contributed by atoms with Gasteiger partial charge in [0.05, 0.1) is 5.75 Å². The number of nitrogens with zero attached hydrogens (tertiary/aromatic N) is 3. The van der Waals surface area contributed by atoms with E-state index in [1.807, 2.05) is 24.3 Å². The predicted octanol–water partition coefficient (Wildman–Crippen LogP) is 4.00. The molecule has 0 aliphatic rings. The summed E-state index contributed by atoms with van der Waals surface area (Å²) in [5.41, 5.74) is 6.22. The summed E-state index contributed by atoms with van der Waals surface area (Å²) >= 11 is 7.30. The van der Waals surface area contributed by atoms with E-state index in [9.17, 15) is 4.79 Å². The second kappa shape index (κ2) is 9.08. The summed E-state index contributed by atoms with van der Waals surface area (Å²) in [6, 6.07) is 7.55. The molecule has 0 saturated carbocycles. The van der Waals surface area contributed by atoms with Crippen LogP contribution in [0, 0.1) is 5.92 Å². The van der Waals surface area contributed by atoms with Gasteiger partial charge in [-0.2, -0.15) is 0 Å². The summed E-state index contributed by atoms with van der Waals surface area (Å²) in [5, 5.41) is 9.99. The molecule has 1 aromatic carbocycles. The Bertz CT molecular complexity index is 672. The van der Waals surface area contributed by atoms with Crippen molar-refractivity contribution >= 4 is 29.3 Å². The highest BCUT2D eigenvalue weighted by Gasteiger charge is 2.17. The van der Waals surface area contributed by atoms with Crippen molar-refractivity contribution in [3.8, 4) is 11.4 Å². The number of primary amides is 1. The van der Waals surface area contributed by atoms with Crippen molar-refractivity contribution in [3.05, 3.63) is 29.3 Å². The van der Waals surface area contributed by atoms with Gasteiger partial charge < -0.3 is 10.3 Å². The fraction of sp³-hybridized carbons (Fsp3) is 0.471. The van der Waals surface area contributed by atoms with E-state index in [0.717, 1.165) is 29.5 Å². The number of unbranched alkanes of at least 4 members (excludes halogenated alkanes) is 1. The highest BCUT2D eigenvalue weighted by Crippen LogP contribution is 2.27. The Morgan fingerprint density at radius 3 is 2.67 bits per heavy atom. The van der Waals surface area contributed by atoms with E-state index in [-0.39, 0.29) is 11.7 Å². The van der Waals surface area contributed by atoms with Gasteiger partial charge in [-0.1, -0.05) is 50.1 Å². The number of aromatic nitrogens is 3. The van der Waals surface area contributed by atoms with Crippen molar-refractivity contribution in [3.63, 3.8) is 0 Å². The van der Waals surface area contributed by atoms with E-state index in [4.69, 9.17) is 17.3 Å². The normalized spacial score (nSPS) is 12.3. The Morgan fingerprint density at radius 1 is 1.33 bits per heavy atom. The summed E-state index contributed by atoms with van der Waals surface area (Å²) < 4.78 is 2.08. The number of rotatable bonds is 9. The lowest BCUT2D eigenvalue weighted by Gasteiger charge is -2.15. The van der Waals surface area contributed by atoms with Crippen LogP contribution in [0.3, 0.4) is 0 Å². The van der Waals surface area contributed by atoms with Gasteiger partial charge in [-0.3, -0.25) is 4.79 Å². The highest BCUT2D eigenvalue weighted by molar-refractivity contribution is 7.99. The minimum absolute atomic E-state index is 0.197. The van der Waals surface area contributed by atoms with Crippen molar-refractivity contribution in [2.75, 3.05) is 5.75 Å². The Morgan fingerprint density at radius 2 is 2.04 bits per heavy atom. The average Bonchev–Trinajstić information content (AvgIpc) is 2.94. The maximum atomic E-state index is 11.1. The maximum absolute atomic E-state index is 11.1. The summed E-state index contributed by atoms with van der Waals surface area (Å²) in [5.74, 6) is 1.13. The lowest BCUT2D eigenvalue weighted by Crippen LogP contribution is -2.15. The fourth-order valence-electron chi connectivity index (χ4n) is 2.46. The lowest BCUT2D eigenvalue weighted by atomic mass is 10.0. The molecule has 5 nitrogen and oxygen atoms in total. The molecule has 0 saturated heterocycles. The Balaban J connectivity index is 2.28. The third-order valence-corrected chi connectivity index (χ3v) is 4.95. The molecule has 2 rings (SSSR count). The highest BCUT2D eigenvalue weighted by atomic mass is 35.5.